The van der Waals surface area contributed by atoms with E-state index in [2.05, 4.69) is 5.10 Å². The second kappa shape index (κ2) is 4.10. The molecular formula is C13H14FN3O. The van der Waals surface area contributed by atoms with Crippen LogP contribution in [0.1, 0.15) is 16.8 Å². The molecule has 0 aliphatic carbocycles. The summed E-state index contributed by atoms with van der Waals surface area (Å²) in [7, 11) is 0. The molecule has 0 spiro atoms. The van der Waals surface area contributed by atoms with Gasteiger partial charge in [-0.3, -0.25) is 0 Å². The summed E-state index contributed by atoms with van der Waals surface area (Å²) in [5.41, 5.74) is 8.99. The van der Waals surface area contributed by atoms with Gasteiger partial charge in [0.25, 0.3) is 0 Å². The number of rotatable bonds is 1. The number of nitrogen functional groups attached to an aromatic ring is 1. The lowest BCUT2D eigenvalue weighted by atomic mass is 10.1. The number of hydrogen-bond donors (Lipinski definition) is 1. The smallest absolute Gasteiger partial charge is 0.151 e. The molecule has 1 aromatic heterocycles. The maximum Gasteiger partial charge on any atom is 0.151 e. The lowest BCUT2D eigenvalue weighted by Gasteiger charge is -2.15. The highest BCUT2D eigenvalue weighted by Gasteiger charge is 2.21. The van der Waals surface area contributed by atoms with Crippen LogP contribution in [0.5, 0.6) is 0 Å². The summed E-state index contributed by atoms with van der Waals surface area (Å²) in [6.07, 6.45) is 0.701. The molecule has 1 aliphatic rings. The van der Waals surface area contributed by atoms with E-state index in [-0.39, 0.29) is 5.82 Å². The molecule has 0 saturated carbocycles. The Morgan fingerprint density at radius 3 is 3.06 bits per heavy atom. The van der Waals surface area contributed by atoms with Crippen LogP contribution in [-0.2, 0) is 17.8 Å². The van der Waals surface area contributed by atoms with E-state index in [1.807, 2.05) is 13.0 Å². The predicted molar refractivity (Wildman–Crippen MR) is 66.0 cm³/mol. The second-order valence-corrected chi connectivity index (χ2v) is 4.48. The number of halogens is 1. The van der Waals surface area contributed by atoms with Gasteiger partial charge >= 0.3 is 0 Å². The maximum absolute atomic E-state index is 14.0. The van der Waals surface area contributed by atoms with Gasteiger partial charge in [-0.15, -0.1) is 5.10 Å². The molecule has 94 valence electrons. The van der Waals surface area contributed by atoms with Crippen molar-refractivity contribution in [1.29, 1.82) is 0 Å². The Balaban J connectivity index is 2.17. The fourth-order valence-electron chi connectivity index (χ4n) is 2.24. The van der Waals surface area contributed by atoms with Crippen LogP contribution in [0, 0.1) is 12.7 Å². The van der Waals surface area contributed by atoms with Crippen molar-refractivity contribution >= 4 is 5.82 Å². The standard InChI is InChI=1S/C13H14FN3O/c1-8-2-3-12(10(14)6-8)17-11-4-5-18-7-9(11)13(15)16-17/h2-3,6H,4-5,7H2,1H3,(H2,15,16). The van der Waals surface area contributed by atoms with Crippen LogP contribution in [0.25, 0.3) is 5.69 Å². The number of ether oxygens (including phenoxy) is 1. The van der Waals surface area contributed by atoms with E-state index in [0.717, 1.165) is 16.8 Å². The van der Waals surface area contributed by atoms with Gasteiger partial charge in [0.15, 0.2) is 5.82 Å². The van der Waals surface area contributed by atoms with Gasteiger partial charge in [0.1, 0.15) is 11.5 Å². The highest BCUT2D eigenvalue weighted by Crippen LogP contribution is 2.26. The molecule has 4 nitrogen and oxygen atoms in total. The Morgan fingerprint density at radius 1 is 1.44 bits per heavy atom. The first-order valence-corrected chi connectivity index (χ1v) is 5.87. The Kier molecular flexibility index (Phi) is 2.56. The summed E-state index contributed by atoms with van der Waals surface area (Å²) < 4.78 is 20.9. The van der Waals surface area contributed by atoms with Crippen molar-refractivity contribution in [2.24, 2.45) is 0 Å². The quantitative estimate of drug-likeness (QED) is 0.838. The van der Waals surface area contributed by atoms with Crippen molar-refractivity contribution in [1.82, 2.24) is 9.78 Å². The molecule has 0 radical (unpaired) electrons. The van der Waals surface area contributed by atoms with Gasteiger partial charge in [-0.2, -0.15) is 0 Å². The average molecular weight is 247 g/mol. The number of aromatic nitrogens is 2. The Morgan fingerprint density at radius 2 is 2.28 bits per heavy atom. The number of nitrogens with two attached hydrogens (primary N) is 1. The van der Waals surface area contributed by atoms with Gasteiger partial charge < -0.3 is 10.5 Å². The fraction of sp³-hybridized carbons (Fsp3) is 0.308. The van der Waals surface area contributed by atoms with Crippen LogP contribution in [-0.4, -0.2) is 16.4 Å². The van der Waals surface area contributed by atoms with E-state index < -0.39 is 0 Å². The zero-order valence-electron chi connectivity index (χ0n) is 10.1. The molecule has 0 bridgehead atoms. The van der Waals surface area contributed by atoms with Gasteiger partial charge in [0, 0.05) is 12.0 Å². The zero-order chi connectivity index (χ0) is 12.7. The summed E-state index contributed by atoms with van der Waals surface area (Å²) >= 11 is 0. The number of benzene rings is 1. The molecule has 0 saturated heterocycles. The molecule has 2 N–H and O–H groups in total. The SMILES string of the molecule is Cc1ccc(-n2nc(N)c3c2CCOC3)c(F)c1. The highest BCUT2D eigenvalue weighted by atomic mass is 19.1. The van der Waals surface area contributed by atoms with Crippen molar-refractivity contribution in [3.8, 4) is 5.69 Å². The van der Waals surface area contributed by atoms with Crippen molar-refractivity contribution < 1.29 is 9.13 Å². The van der Waals surface area contributed by atoms with E-state index in [1.165, 1.54) is 6.07 Å². The minimum Gasteiger partial charge on any atom is -0.382 e. The van der Waals surface area contributed by atoms with Gasteiger partial charge in [-0.25, -0.2) is 9.07 Å². The van der Waals surface area contributed by atoms with Crippen LogP contribution >= 0.6 is 0 Å². The molecule has 2 aromatic rings. The summed E-state index contributed by atoms with van der Waals surface area (Å²) in [5.74, 6) is 0.136. The molecule has 5 heteroatoms. The summed E-state index contributed by atoms with van der Waals surface area (Å²) in [5, 5.41) is 4.23. The third kappa shape index (κ3) is 1.67. The first kappa shape index (κ1) is 11.2. The largest absolute Gasteiger partial charge is 0.382 e. The van der Waals surface area contributed by atoms with Crippen molar-refractivity contribution in [2.45, 2.75) is 20.0 Å². The lowest BCUT2D eigenvalue weighted by Crippen LogP contribution is -2.13. The van der Waals surface area contributed by atoms with Crippen molar-refractivity contribution in [3.05, 3.63) is 40.8 Å². The third-order valence-electron chi connectivity index (χ3n) is 3.18. The minimum atomic E-state index is -0.285. The van der Waals surface area contributed by atoms with Gasteiger partial charge in [0.05, 0.1) is 18.9 Å². The summed E-state index contributed by atoms with van der Waals surface area (Å²) in [6, 6.07) is 5.09. The van der Waals surface area contributed by atoms with Crippen LogP contribution < -0.4 is 5.73 Å². The van der Waals surface area contributed by atoms with E-state index in [1.54, 1.807) is 10.7 Å². The first-order valence-electron chi connectivity index (χ1n) is 5.87. The number of hydrogen-bond acceptors (Lipinski definition) is 3. The van der Waals surface area contributed by atoms with E-state index in [9.17, 15) is 4.39 Å². The summed E-state index contributed by atoms with van der Waals surface area (Å²) in [6.45, 7) is 2.92. The molecule has 1 aromatic carbocycles. The van der Waals surface area contributed by atoms with Gasteiger partial charge in [-0.1, -0.05) is 6.07 Å². The van der Waals surface area contributed by atoms with E-state index in [0.29, 0.717) is 31.1 Å². The molecular weight excluding hydrogens is 233 g/mol. The number of aryl methyl sites for hydroxylation is 1. The Hall–Kier alpha value is -1.88. The number of fused-ring (bicyclic) bond motifs is 1. The van der Waals surface area contributed by atoms with Crippen LogP contribution in [0.15, 0.2) is 18.2 Å². The number of anilines is 1. The number of nitrogens with zero attached hydrogens (tertiary/aromatic N) is 2. The van der Waals surface area contributed by atoms with Crippen LogP contribution in [0.2, 0.25) is 0 Å². The molecule has 0 fully saturated rings. The average Bonchev–Trinajstić information content (AvgIpc) is 2.68. The Bertz CT molecular complexity index is 607. The second-order valence-electron chi connectivity index (χ2n) is 4.48. The topological polar surface area (TPSA) is 53.1 Å². The lowest BCUT2D eigenvalue weighted by molar-refractivity contribution is 0.110. The molecule has 18 heavy (non-hydrogen) atoms. The fourth-order valence-corrected chi connectivity index (χ4v) is 2.24. The molecule has 1 aliphatic heterocycles. The zero-order valence-corrected chi connectivity index (χ0v) is 10.1. The minimum absolute atomic E-state index is 0.285. The highest BCUT2D eigenvalue weighted by molar-refractivity contribution is 5.48. The molecule has 0 atom stereocenters. The molecule has 3 rings (SSSR count). The predicted octanol–water partition coefficient (Wildman–Crippen LogP) is 1.97. The van der Waals surface area contributed by atoms with Crippen LogP contribution in [0.4, 0.5) is 10.2 Å². The van der Waals surface area contributed by atoms with Crippen molar-refractivity contribution in [3.63, 3.8) is 0 Å². The normalized spacial score (nSPS) is 14.6. The molecule has 0 unspecified atom stereocenters. The molecule has 2 heterocycles. The summed E-state index contributed by atoms with van der Waals surface area (Å²) in [4.78, 5) is 0. The third-order valence-corrected chi connectivity index (χ3v) is 3.18. The first-order chi connectivity index (χ1) is 8.66. The Labute approximate surface area is 104 Å². The maximum atomic E-state index is 14.0. The van der Waals surface area contributed by atoms with E-state index >= 15 is 0 Å². The van der Waals surface area contributed by atoms with Crippen LogP contribution in [0.3, 0.4) is 0 Å². The van der Waals surface area contributed by atoms with E-state index in [4.69, 9.17) is 10.5 Å². The van der Waals surface area contributed by atoms with Crippen molar-refractivity contribution in [2.75, 3.05) is 12.3 Å². The molecule has 0 amide bonds. The monoisotopic (exact) mass is 247 g/mol. The van der Waals surface area contributed by atoms with Gasteiger partial charge in [0.2, 0.25) is 0 Å². The van der Waals surface area contributed by atoms with Gasteiger partial charge in [-0.05, 0) is 24.6 Å².